The molecule has 2 fully saturated rings. The van der Waals surface area contributed by atoms with Crippen molar-refractivity contribution in [3.8, 4) is 0 Å². The Morgan fingerprint density at radius 2 is 1.68 bits per heavy atom. The van der Waals surface area contributed by atoms with Gasteiger partial charge in [-0.25, -0.2) is 0 Å². The Morgan fingerprint density at radius 3 is 2.36 bits per heavy atom. The van der Waals surface area contributed by atoms with Crippen LogP contribution in [0.15, 0.2) is 0 Å². The van der Waals surface area contributed by atoms with Crippen LogP contribution in [0.25, 0.3) is 0 Å². The van der Waals surface area contributed by atoms with E-state index in [1.807, 2.05) is 16.7 Å². The van der Waals surface area contributed by atoms with Gasteiger partial charge in [0.15, 0.2) is 5.78 Å². The number of hydrogen-bond donors (Lipinski definition) is 1. The molecule has 1 aromatic heterocycles. The molecule has 152 valence electrons. The van der Waals surface area contributed by atoms with Crippen LogP contribution in [0.4, 0.5) is 0 Å². The Morgan fingerprint density at radius 1 is 1.00 bits per heavy atom. The number of hydrogen-bond acceptors (Lipinski definition) is 3. The van der Waals surface area contributed by atoms with Gasteiger partial charge in [-0.1, -0.05) is 25.7 Å². The zero-order valence-corrected chi connectivity index (χ0v) is 16.9. The summed E-state index contributed by atoms with van der Waals surface area (Å²) in [5.74, 6) is 1.07. The average molecular weight is 386 g/mol. The van der Waals surface area contributed by atoms with Crippen molar-refractivity contribution in [2.45, 2.75) is 64.7 Å². The van der Waals surface area contributed by atoms with Crippen LogP contribution in [0, 0.1) is 12.8 Å². The van der Waals surface area contributed by atoms with Crippen molar-refractivity contribution in [2.24, 2.45) is 5.92 Å². The van der Waals surface area contributed by atoms with Crippen LogP contribution >= 0.6 is 0 Å². The molecule has 0 unspecified atom stereocenters. The van der Waals surface area contributed by atoms with Gasteiger partial charge in [-0.05, 0) is 37.7 Å². The molecule has 0 atom stereocenters. The number of rotatable bonds is 4. The highest BCUT2D eigenvalue weighted by Gasteiger charge is 2.30. The predicted octanol–water partition coefficient (Wildman–Crippen LogP) is 3.10. The quantitative estimate of drug-likeness (QED) is 0.865. The molecule has 0 bridgehead atoms. The summed E-state index contributed by atoms with van der Waals surface area (Å²) in [5, 5.41) is 0. The smallest absolute Gasteiger partial charge is 0.270 e. The summed E-state index contributed by atoms with van der Waals surface area (Å²) in [4.78, 5) is 44.7. The Hall–Kier alpha value is -2.11. The first-order valence-corrected chi connectivity index (χ1v) is 10.9. The van der Waals surface area contributed by atoms with Crippen molar-refractivity contribution in [1.29, 1.82) is 0 Å². The van der Waals surface area contributed by atoms with Crippen molar-refractivity contribution in [1.82, 2.24) is 14.8 Å². The zero-order valence-electron chi connectivity index (χ0n) is 16.9. The minimum absolute atomic E-state index is 0.0437. The van der Waals surface area contributed by atoms with E-state index in [1.54, 1.807) is 0 Å². The molecule has 0 aromatic carbocycles. The first-order valence-electron chi connectivity index (χ1n) is 10.9. The topological polar surface area (TPSA) is 73.5 Å². The predicted molar refractivity (Wildman–Crippen MR) is 106 cm³/mol. The number of aromatic amines is 1. The van der Waals surface area contributed by atoms with E-state index in [4.69, 9.17) is 0 Å². The molecule has 1 N–H and O–H groups in total. The molecule has 2 aliphatic carbocycles. The van der Waals surface area contributed by atoms with Gasteiger partial charge in [0, 0.05) is 50.3 Å². The Balaban J connectivity index is 1.33. The third-order valence-corrected chi connectivity index (χ3v) is 6.81. The van der Waals surface area contributed by atoms with Gasteiger partial charge in [0.05, 0.1) is 0 Å². The van der Waals surface area contributed by atoms with Gasteiger partial charge in [-0.15, -0.1) is 0 Å². The highest BCUT2D eigenvalue weighted by atomic mass is 16.2. The number of nitrogens with zero attached hydrogens (tertiary/aromatic N) is 2. The normalized spacial score (nSPS) is 20.5. The van der Waals surface area contributed by atoms with E-state index in [9.17, 15) is 14.4 Å². The van der Waals surface area contributed by atoms with Crippen molar-refractivity contribution >= 4 is 17.6 Å². The summed E-state index contributed by atoms with van der Waals surface area (Å²) < 4.78 is 0. The molecule has 6 nitrogen and oxygen atoms in total. The Bertz CT molecular complexity index is 768. The van der Waals surface area contributed by atoms with Crippen LogP contribution in [0.2, 0.25) is 0 Å². The van der Waals surface area contributed by atoms with Crippen LogP contribution in [-0.4, -0.2) is 58.6 Å². The number of fused-ring (bicyclic) bond motifs is 1. The summed E-state index contributed by atoms with van der Waals surface area (Å²) >= 11 is 0. The maximum absolute atomic E-state index is 13.0. The van der Waals surface area contributed by atoms with Crippen molar-refractivity contribution in [3.05, 3.63) is 22.5 Å². The number of Topliss-reactive ketones (excluding diaryl/α,β-unsaturated/α-hetero) is 1. The van der Waals surface area contributed by atoms with E-state index in [0.29, 0.717) is 44.7 Å². The van der Waals surface area contributed by atoms with Crippen LogP contribution in [0.5, 0.6) is 0 Å². The number of ketones is 1. The van der Waals surface area contributed by atoms with E-state index in [2.05, 4.69) is 4.98 Å². The zero-order chi connectivity index (χ0) is 19.7. The molecule has 1 aliphatic heterocycles. The molecule has 3 aliphatic rings. The fraction of sp³-hybridized carbons (Fsp3) is 0.682. The lowest BCUT2D eigenvalue weighted by atomic mass is 9.93. The standard InChI is InChI=1S/C22H31N3O3/c1-15-20-17(7-4-8-18(20)26)23-21(15)22(28)25-13-11-24(12-14-25)19(27)10-9-16-5-2-3-6-16/h16,23H,2-14H2,1H3. The highest BCUT2D eigenvalue weighted by molar-refractivity contribution is 6.04. The van der Waals surface area contributed by atoms with Gasteiger partial charge in [-0.3, -0.25) is 14.4 Å². The summed E-state index contributed by atoms with van der Waals surface area (Å²) in [5.41, 5.74) is 2.99. The first kappa shape index (κ1) is 19.2. The van der Waals surface area contributed by atoms with Gasteiger partial charge >= 0.3 is 0 Å². The van der Waals surface area contributed by atoms with E-state index in [1.165, 1.54) is 25.7 Å². The van der Waals surface area contributed by atoms with Crippen molar-refractivity contribution in [2.75, 3.05) is 26.2 Å². The minimum atomic E-state index is -0.0437. The van der Waals surface area contributed by atoms with Crippen molar-refractivity contribution in [3.63, 3.8) is 0 Å². The summed E-state index contributed by atoms with van der Waals surface area (Å²) in [6.45, 7) is 4.20. The van der Waals surface area contributed by atoms with Crippen LogP contribution < -0.4 is 0 Å². The number of H-pyrrole nitrogens is 1. The fourth-order valence-corrected chi connectivity index (χ4v) is 5.09. The van der Waals surface area contributed by atoms with Crippen molar-refractivity contribution < 1.29 is 14.4 Å². The molecule has 2 heterocycles. The molecule has 6 heteroatoms. The highest BCUT2D eigenvalue weighted by Crippen LogP contribution is 2.29. The molecule has 0 spiro atoms. The van der Waals surface area contributed by atoms with Crippen LogP contribution in [0.1, 0.15) is 83.5 Å². The average Bonchev–Trinajstić information content (AvgIpc) is 3.34. The van der Waals surface area contributed by atoms with E-state index >= 15 is 0 Å². The second-order valence-corrected chi connectivity index (χ2v) is 8.62. The maximum Gasteiger partial charge on any atom is 0.270 e. The van der Waals surface area contributed by atoms with Gasteiger partial charge in [0.25, 0.3) is 5.91 Å². The van der Waals surface area contributed by atoms with E-state index in [-0.39, 0.29) is 17.6 Å². The molecule has 0 radical (unpaired) electrons. The molecular weight excluding hydrogens is 354 g/mol. The summed E-state index contributed by atoms with van der Waals surface area (Å²) in [6, 6.07) is 0. The molecular formula is C22H31N3O3. The van der Waals surface area contributed by atoms with Gasteiger partial charge < -0.3 is 14.8 Å². The number of aryl methyl sites for hydroxylation is 1. The largest absolute Gasteiger partial charge is 0.354 e. The monoisotopic (exact) mass is 385 g/mol. The van der Waals surface area contributed by atoms with Gasteiger partial charge in [0.2, 0.25) is 5.91 Å². The lowest BCUT2D eigenvalue weighted by molar-refractivity contribution is -0.133. The van der Waals surface area contributed by atoms with Crippen LogP contribution in [0.3, 0.4) is 0 Å². The van der Waals surface area contributed by atoms with E-state index in [0.717, 1.165) is 42.0 Å². The lowest BCUT2D eigenvalue weighted by Crippen LogP contribution is -2.50. The first-order chi connectivity index (χ1) is 13.5. The number of nitrogens with one attached hydrogen (secondary N) is 1. The molecule has 28 heavy (non-hydrogen) atoms. The third-order valence-electron chi connectivity index (χ3n) is 6.81. The third kappa shape index (κ3) is 3.74. The molecule has 4 rings (SSSR count). The second-order valence-electron chi connectivity index (χ2n) is 8.62. The second kappa shape index (κ2) is 8.10. The SMILES string of the molecule is Cc1c(C(=O)N2CCN(C(=O)CCC3CCCC3)CC2)[nH]c2c1C(=O)CCC2. The Labute approximate surface area is 166 Å². The maximum atomic E-state index is 13.0. The van der Waals surface area contributed by atoms with E-state index < -0.39 is 0 Å². The summed E-state index contributed by atoms with van der Waals surface area (Å²) in [7, 11) is 0. The molecule has 1 saturated carbocycles. The molecule has 2 amide bonds. The number of carbonyl (C=O) groups is 3. The number of aromatic nitrogens is 1. The molecule has 1 saturated heterocycles. The van der Waals surface area contributed by atoms with Crippen LogP contribution in [-0.2, 0) is 11.2 Å². The Kier molecular flexibility index (Phi) is 5.56. The van der Waals surface area contributed by atoms with Gasteiger partial charge in [0.1, 0.15) is 5.69 Å². The van der Waals surface area contributed by atoms with Gasteiger partial charge in [-0.2, -0.15) is 0 Å². The number of carbonyl (C=O) groups excluding carboxylic acids is 3. The fourth-order valence-electron chi connectivity index (χ4n) is 5.09. The summed E-state index contributed by atoms with van der Waals surface area (Å²) in [6.07, 6.45) is 9.08. The number of piperazine rings is 1. The lowest BCUT2D eigenvalue weighted by Gasteiger charge is -2.35. The minimum Gasteiger partial charge on any atom is -0.354 e. The molecule has 1 aromatic rings. The number of amides is 2.